The Morgan fingerprint density at radius 3 is 2.17 bits per heavy atom. The molecule has 0 heterocycles. The summed E-state index contributed by atoms with van der Waals surface area (Å²) >= 11 is 5.42. The van der Waals surface area contributed by atoms with Gasteiger partial charge in [0.25, 0.3) is 0 Å². The molecule has 0 aliphatic rings. The standard InChI is InChI=1S/C7H14O2S2.Na/c1-5(11-6(8)10)9-7(2,3)4;/h5H,1-4H3,(H,8,10);/q;+1/p-1. The third kappa shape index (κ3) is 11.2. The van der Waals surface area contributed by atoms with Crippen LogP contribution in [-0.4, -0.2) is 15.4 Å². The molecular formula is C7H13NaO2S2. The Labute approximate surface area is 106 Å². The summed E-state index contributed by atoms with van der Waals surface area (Å²) in [7, 11) is 0. The van der Waals surface area contributed by atoms with Crippen LogP contribution in [0.4, 0.5) is 0 Å². The van der Waals surface area contributed by atoms with Crippen molar-refractivity contribution in [3.63, 3.8) is 0 Å². The van der Waals surface area contributed by atoms with Crippen LogP contribution in [0.1, 0.15) is 27.7 Å². The molecule has 0 bridgehead atoms. The van der Waals surface area contributed by atoms with Gasteiger partial charge < -0.3 is 9.84 Å². The number of hydrogen-bond acceptors (Lipinski definition) is 4. The zero-order chi connectivity index (χ0) is 9.07. The summed E-state index contributed by atoms with van der Waals surface area (Å²) in [5, 5.41) is 10.4. The van der Waals surface area contributed by atoms with Gasteiger partial charge in [-0.05, 0) is 32.1 Å². The Morgan fingerprint density at radius 1 is 1.50 bits per heavy atom. The topological polar surface area (TPSA) is 32.3 Å². The first-order chi connectivity index (χ1) is 4.81. The van der Waals surface area contributed by atoms with E-state index in [0.29, 0.717) is 0 Å². The monoisotopic (exact) mass is 216 g/mol. The fraction of sp³-hybridized carbons (Fsp3) is 0.857. The Morgan fingerprint density at radius 2 is 1.92 bits per heavy atom. The van der Waals surface area contributed by atoms with Gasteiger partial charge in [-0.3, -0.25) is 0 Å². The van der Waals surface area contributed by atoms with Crippen LogP contribution in [-0.2, 0) is 4.74 Å². The maximum absolute atomic E-state index is 10.4. The van der Waals surface area contributed by atoms with Gasteiger partial charge in [0.05, 0.1) is 5.60 Å². The zero-order valence-corrected chi connectivity index (χ0v) is 11.8. The van der Waals surface area contributed by atoms with E-state index in [0.717, 1.165) is 11.8 Å². The van der Waals surface area contributed by atoms with E-state index in [1.165, 1.54) is 0 Å². The summed E-state index contributed by atoms with van der Waals surface area (Å²) in [4.78, 5) is 0. The summed E-state index contributed by atoms with van der Waals surface area (Å²) in [5.41, 5.74) is -0.364. The van der Waals surface area contributed by atoms with Gasteiger partial charge in [0.1, 0.15) is 5.44 Å². The Balaban J connectivity index is 0. The smallest absolute Gasteiger partial charge is 0.860 e. The molecule has 1 atom stereocenters. The van der Waals surface area contributed by atoms with Crippen LogP contribution in [0.15, 0.2) is 0 Å². The summed E-state index contributed by atoms with van der Waals surface area (Å²) in [6.07, 6.45) is 0. The molecule has 0 saturated carbocycles. The summed E-state index contributed by atoms with van der Waals surface area (Å²) in [6.45, 7) is 7.65. The number of thiocarbonyl (C=S) groups is 1. The van der Waals surface area contributed by atoms with E-state index in [9.17, 15) is 5.11 Å². The first kappa shape index (κ1) is 15.7. The molecule has 66 valence electrons. The summed E-state index contributed by atoms with van der Waals surface area (Å²) in [5.74, 6) is 0. The molecule has 0 fully saturated rings. The molecule has 0 aliphatic carbocycles. The Kier molecular flexibility index (Phi) is 8.65. The summed E-state index contributed by atoms with van der Waals surface area (Å²) < 4.78 is 5.11. The van der Waals surface area contributed by atoms with Crippen molar-refractivity contribution in [1.29, 1.82) is 0 Å². The van der Waals surface area contributed by atoms with E-state index in [-0.39, 0.29) is 45.0 Å². The molecule has 0 aromatic carbocycles. The molecule has 0 saturated heterocycles. The SMILES string of the molecule is CC(OC(C)(C)C)SC([O-])=S.[Na+]. The van der Waals surface area contributed by atoms with Crippen molar-refractivity contribution >= 4 is 28.4 Å². The van der Waals surface area contributed by atoms with Crippen LogP contribution in [0.3, 0.4) is 0 Å². The van der Waals surface area contributed by atoms with Gasteiger partial charge in [0.2, 0.25) is 0 Å². The molecule has 0 amide bonds. The van der Waals surface area contributed by atoms with Gasteiger partial charge >= 0.3 is 29.6 Å². The first-order valence-electron chi connectivity index (χ1n) is 3.37. The molecule has 0 aromatic rings. The van der Waals surface area contributed by atoms with Gasteiger partial charge in [-0.15, -0.1) is 0 Å². The molecule has 0 rings (SSSR count). The fourth-order valence-electron chi connectivity index (χ4n) is 0.657. The zero-order valence-electron chi connectivity index (χ0n) is 8.21. The van der Waals surface area contributed by atoms with Crippen molar-refractivity contribution in [2.24, 2.45) is 0 Å². The molecule has 2 nitrogen and oxygen atoms in total. The Hall–Kier alpha value is 1.20. The normalized spacial score (nSPS) is 13.3. The van der Waals surface area contributed by atoms with Gasteiger partial charge in [0.15, 0.2) is 0 Å². The second-order valence-corrected chi connectivity index (χ2v) is 5.07. The average Bonchev–Trinajstić information content (AvgIpc) is 1.53. The number of rotatable bonds is 2. The molecule has 0 aliphatic heterocycles. The maximum atomic E-state index is 10.4. The quantitative estimate of drug-likeness (QED) is 0.320. The van der Waals surface area contributed by atoms with E-state index in [2.05, 4.69) is 12.2 Å². The minimum Gasteiger partial charge on any atom is -0.860 e. The van der Waals surface area contributed by atoms with Crippen LogP contribution in [0.5, 0.6) is 0 Å². The molecule has 1 unspecified atom stereocenters. The van der Waals surface area contributed by atoms with Crippen molar-refractivity contribution in [3.05, 3.63) is 0 Å². The van der Waals surface area contributed by atoms with E-state index in [1.807, 2.05) is 27.7 Å². The second kappa shape index (κ2) is 6.62. The minimum absolute atomic E-state index is 0. The minimum atomic E-state index is -0.318. The number of hydrogen-bond donors (Lipinski definition) is 0. The fourth-order valence-corrected chi connectivity index (χ4v) is 1.67. The Bertz CT molecular complexity index is 145. The molecule has 5 heteroatoms. The van der Waals surface area contributed by atoms with Crippen molar-refractivity contribution in [2.75, 3.05) is 0 Å². The molecule has 0 aromatic heterocycles. The van der Waals surface area contributed by atoms with Crippen molar-refractivity contribution in [1.82, 2.24) is 0 Å². The van der Waals surface area contributed by atoms with Crippen LogP contribution in [0.25, 0.3) is 0 Å². The molecule has 0 spiro atoms. The largest absolute Gasteiger partial charge is 1.00 e. The van der Waals surface area contributed by atoms with E-state index >= 15 is 0 Å². The predicted molar refractivity (Wildman–Crippen MR) is 50.5 cm³/mol. The number of thioether (sulfide) groups is 1. The van der Waals surface area contributed by atoms with E-state index < -0.39 is 0 Å². The van der Waals surface area contributed by atoms with Gasteiger partial charge in [-0.1, -0.05) is 24.0 Å². The van der Waals surface area contributed by atoms with Gasteiger partial charge in [-0.2, -0.15) is 0 Å². The predicted octanol–water partition coefficient (Wildman–Crippen LogP) is -1.47. The molecule has 0 radical (unpaired) electrons. The van der Waals surface area contributed by atoms with Crippen molar-refractivity contribution in [2.45, 2.75) is 38.7 Å². The average molecular weight is 216 g/mol. The van der Waals surface area contributed by atoms with Crippen LogP contribution < -0.4 is 34.7 Å². The van der Waals surface area contributed by atoms with E-state index in [1.54, 1.807) is 0 Å². The van der Waals surface area contributed by atoms with Gasteiger partial charge in [-0.25, -0.2) is 0 Å². The number of ether oxygens (including phenoxy) is 1. The van der Waals surface area contributed by atoms with Crippen molar-refractivity contribution in [3.8, 4) is 0 Å². The van der Waals surface area contributed by atoms with Gasteiger partial charge in [0, 0.05) is 0 Å². The molecule has 12 heavy (non-hydrogen) atoms. The third-order valence-electron chi connectivity index (χ3n) is 0.782. The van der Waals surface area contributed by atoms with Crippen LogP contribution >= 0.6 is 24.0 Å². The van der Waals surface area contributed by atoms with Crippen LogP contribution in [0.2, 0.25) is 0 Å². The summed E-state index contributed by atoms with van der Waals surface area (Å²) in [6, 6.07) is 0. The maximum Gasteiger partial charge on any atom is 1.00 e. The first-order valence-corrected chi connectivity index (χ1v) is 4.65. The van der Waals surface area contributed by atoms with Crippen molar-refractivity contribution < 1.29 is 39.4 Å². The molecule has 0 N–H and O–H groups in total. The van der Waals surface area contributed by atoms with Crippen LogP contribution in [0, 0.1) is 0 Å². The molecular weight excluding hydrogens is 203 g/mol. The van der Waals surface area contributed by atoms with E-state index in [4.69, 9.17) is 4.74 Å². The third-order valence-corrected chi connectivity index (χ3v) is 1.69. The second-order valence-electron chi connectivity index (χ2n) is 3.17.